The molecule has 0 aliphatic carbocycles. The minimum Gasteiger partial charge on any atom is -0.466 e. The quantitative estimate of drug-likeness (QED) is 0.0559. The van der Waals surface area contributed by atoms with Gasteiger partial charge >= 0.3 is 19.5 Å². The molecule has 0 heterocycles. The molecule has 44 heavy (non-hydrogen) atoms. The molecule has 0 aliphatic heterocycles. The van der Waals surface area contributed by atoms with Gasteiger partial charge in [0, 0.05) is 25.4 Å². The first-order chi connectivity index (χ1) is 21.1. The maximum Gasteiger partial charge on any atom is 0.342 e. The topological polar surface area (TPSA) is 150 Å². The summed E-state index contributed by atoms with van der Waals surface area (Å²) >= 11 is 0. The first-order valence-electron chi connectivity index (χ1n) is 14.7. The molecule has 0 saturated carbocycles. The Morgan fingerprint density at radius 3 is 2.18 bits per heavy atom. The van der Waals surface area contributed by atoms with Gasteiger partial charge < -0.3 is 23.6 Å². The molecule has 0 bridgehead atoms. The molecule has 0 aromatic heterocycles. The number of unbranched alkanes of at least 4 members (excludes halogenated alkanes) is 4. The highest BCUT2D eigenvalue weighted by Crippen LogP contribution is 2.44. The van der Waals surface area contributed by atoms with Crippen LogP contribution in [0.2, 0.25) is 0 Å². The number of hydrogen-bond acceptors (Lipinski definition) is 10. The third-order valence-electron chi connectivity index (χ3n) is 5.82. The monoisotopic (exact) mass is 645 g/mol. The number of amides is 2. The zero-order valence-electron chi connectivity index (χ0n) is 26.6. The highest BCUT2D eigenvalue weighted by molar-refractivity contribution is 7.57. The summed E-state index contributed by atoms with van der Waals surface area (Å²) in [6, 6.07) is 7.12. The molecule has 1 aromatic carbocycles. The largest absolute Gasteiger partial charge is 0.466 e. The summed E-state index contributed by atoms with van der Waals surface area (Å²) in [5, 5.41) is 4.78. The number of likely N-dealkylation sites (N-methyl/N-ethyl adjacent to an activating group) is 1. The van der Waals surface area contributed by atoms with Crippen LogP contribution >= 0.6 is 7.52 Å². The standard InChI is InChI=1S/C29H46N3O9P.CH3F/c1-5-7-12-17-39-27(34)20-26(29(36)40-18-13-8-6-2)31-42(37,41-25-14-10-9-11-15-25)23-38-19-16-32(4)21-24(3)28(35)30-22-33;1-2/h9-11,14-15,21-22,26H,5-8,12-13,16-20,23H2,1-4H3,(H,31,37)(H,30,33,35);1H3/b24-21-;/t26-,42?;/m0./s1. The lowest BCUT2D eigenvalue weighted by molar-refractivity contribution is -0.152. The molecule has 0 spiro atoms. The minimum absolute atomic E-state index is 0.0883. The van der Waals surface area contributed by atoms with Crippen molar-refractivity contribution in [2.24, 2.45) is 0 Å². The van der Waals surface area contributed by atoms with Gasteiger partial charge in [-0.15, -0.1) is 0 Å². The number of nitrogens with one attached hydrogen (secondary N) is 2. The van der Waals surface area contributed by atoms with Crippen LogP contribution in [0.4, 0.5) is 4.39 Å². The summed E-state index contributed by atoms with van der Waals surface area (Å²) in [4.78, 5) is 49.4. The molecule has 1 rings (SSSR count). The van der Waals surface area contributed by atoms with Gasteiger partial charge in [0.25, 0.3) is 5.91 Å². The fourth-order valence-electron chi connectivity index (χ4n) is 3.56. The third-order valence-corrected chi connectivity index (χ3v) is 7.55. The van der Waals surface area contributed by atoms with Crippen LogP contribution in [0.15, 0.2) is 42.1 Å². The van der Waals surface area contributed by atoms with E-state index < -0.39 is 44.2 Å². The number of ether oxygens (including phenoxy) is 3. The zero-order chi connectivity index (χ0) is 33.2. The molecule has 0 saturated heterocycles. The first-order valence-corrected chi connectivity index (χ1v) is 16.5. The first kappa shape index (κ1) is 40.7. The predicted octanol–water partition coefficient (Wildman–Crippen LogP) is 4.74. The van der Waals surface area contributed by atoms with Crippen LogP contribution in [0, 0.1) is 0 Å². The van der Waals surface area contributed by atoms with E-state index in [1.165, 1.54) is 6.20 Å². The van der Waals surface area contributed by atoms with Crippen molar-refractivity contribution in [2.75, 3.05) is 46.9 Å². The lowest BCUT2D eigenvalue weighted by atomic mass is 10.2. The fourth-order valence-corrected chi connectivity index (χ4v) is 5.25. The van der Waals surface area contributed by atoms with Gasteiger partial charge in [0.05, 0.1) is 33.4 Å². The summed E-state index contributed by atoms with van der Waals surface area (Å²) < 4.78 is 45.6. The highest BCUT2D eigenvalue weighted by atomic mass is 31.2. The Labute approximate surface area is 260 Å². The Bertz CT molecular complexity index is 1040. The number of hydrogen-bond donors (Lipinski definition) is 2. The molecule has 0 radical (unpaired) electrons. The number of nitrogens with zero attached hydrogens (tertiary/aromatic N) is 1. The number of alkyl halides is 1. The maximum atomic E-state index is 14.0. The molecule has 0 fully saturated rings. The fraction of sp³-hybridized carbons (Fsp3) is 0.600. The van der Waals surface area contributed by atoms with E-state index in [-0.39, 0.29) is 25.6 Å². The Morgan fingerprint density at radius 1 is 0.977 bits per heavy atom. The van der Waals surface area contributed by atoms with E-state index in [0.29, 0.717) is 38.5 Å². The van der Waals surface area contributed by atoms with Crippen LogP contribution in [0.25, 0.3) is 0 Å². The number of rotatable bonds is 23. The molecule has 2 N–H and O–H groups in total. The lowest BCUT2D eigenvalue weighted by Crippen LogP contribution is -2.40. The Balaban J connectivity index is 0.00000904. The molecular formula is C30H49FN3O9P. The Kier molecular flexibility index (Phi) is 23.2. The molecule has 1 aromatic rings. The van der Waals surface area contributed by atoms with Gasteiger partial charge in [0.1, 0.15) is 18.1 Å². The van der Waals surface area contributed by atoms with Gasteiger partial charge in [-0.25, -0.2) is 5.09 Å². The highest BCUT2D eigenvalue weighted by Gasteiger charge is 2.35. The number of benzene rings is 1. The third kappa shape index (κ3) is 19.1. The average Bonchev–Trinajstić information content (AvgIpc) is 3.01. The summed E-state index contributed by atoms with van der Waals surface area (Å²) in [5.74, 6) is -1.60. The number of carbonyl (C=O) groups is 4. The zero-order valence-corrected chi connectivity index (χ0v) is 27.4. The van der Waals surface area contributed by atoms with Crippen molar-refractivity contribution in [3.63, 3.8) is 0 Å². The van der Waals surface area contributed by atoms with E-state index in [2.05, 4.69) is 10.4 Å². The van der Waals surface area contributed by atoms with E-state index in [0.717, 1.165) is 25.7 Å². The van der Waals surface area contributed by atoms with Crippen molar-refractivity contribution in [3.05, 3.63) is 42.1 Å². The number of carbonyl (C=O) groups excluding carboxylic acids is 4. The van der Waals surface area contributed by atoms with Crippen LogP contribution < -0.4 is 14.9 Å². The van der Waals surface area contributed by atoms with Crippen molar-refractivity contribution in [2.45, 2.75) is 71.8 Å². The van der Waals surface area contributed by atoms with Crippen LogP contribution in [-0.2, 0) is 38.0 Å². The van der Waals surface area contributed by atoms with Gasteiger partial charge in [0.2, 0.25) is 6.41 Å². The summed E-state index contributed by atoms with van der Waals surface area (Å²) in [5.41, 5.74) is 0.311. The molecule has 1 unspecified atom stereocenters. The van der Waals surface area contributed by atoms with Crippen LogP contribution in [0.3, 0.4) is 0 Å². The molecule has 14 heteroatoms. The van der Waals surface area contributed by atoms with Crippen molar-refractivity contribution in [3.8, 4) is 5.75 Å². The van der Waals surface area contributed by atoms with E-state index in [1.54, 1.807) is 49.2 Å². The van der Waals surface area contributed by atoms with Gasteiger partial charge in [-0.3, -0.25) is 33.5 Å². The Morgan fingerprint density at radius 2 is 1.59 bits per heavy atom. The smallest absolute Gasteiger partial charge is 0.342 e. The summed E-state index contributed by atoms with van der Waals surface area (Å²) in [7, 11) is -1.71. The van der Waals surface area contributed by atoms with E-state index >= 15 is 0 Å². The van der Waals surface area contributed by atoms with E-state index in [4.69, 9.17) is 18.7 Å². The summed E-state index contributed by atoms with van der Waals surface area (Å²) in [6.07, 6.45) is 6.08. The van der Waals surface area contributed by atoms with Crippen molar-refractivity contribution in [1.82, 2.24) is 15.3 Å². The molecule has 12 nitrogen and oxygen atoms in total. The second-order valence-corrected chi connectivity index (χ2v) is 11.7. The van der Waals surface area contributed by atoms with Crippen molar-refractivity contribution >= 4 is 31.8 Å². The Hall–Kier alpha value is -3.28. The van der Waals surface area contributed by atoms with Crippen LogP contribution in [0.1, 0.15) is 65.7 Å². The van der Waals surface area contributed by atoms with Gasteiger partial charge in [-0.05, 0) is 31.9 Å². The van der Waals surface area contributed by atoms with Crippen molar-refractivity contribution in [1.29, 1.82) is 0 Å². The number of imide groups is 1. The second kappa shape index (κ2) is 25.1. The van der Waals surface area contributed by atoms with E-state index in [1.807, 2.05) is 13.8 Å². The molecule has 250 valence electrons. The summed E-state index contributed by atoms with van der Waals surface area (Å²) in [6.45, 7) is 6.41. The number of esters is 2. The molecular weight excluding hydrogens is 596 g/mol. The second-order valence-electron chi connectivity index (χ2n) is 9.69. The number of para-hydroxylation sites is 1. The maximum absolute atomic E-state index is 14.0. The number of halogens is 1. The normalized spacial score (nSPS) is 12.9. The van der Waals surface area contributed by atoms with Gasteiger partial charge in [-0.1, -0.05) is 57.7 Å². The van der Waals surface area contributed by atoms with Crippen LogP contribution in [-0.4, -0.2) is 82.1 Å². The minimum atomic E-state index is -3.92. The van der Waals surface area contributed by atoms with Gasteiger partial charge in [-0.2, -0.15) is 0 Å². The lowest BCUT2D eigenvalue weighted by Gasteiger charge is -2.25. The predicted molar refractivity (Wildman–Crippen MR) is 166 cm³/mol. The van der Waals surface area contributed by atoms with Gasteiger partial charge in [0.15, 0.2) is 0 Å². The van der Waals surface area contributed by atoms with Crippen LogP contribution in [0.5, 0.6) is 5.75 Å². The molecule has 2 amide bonds. The van der Waals surface area contributed by atoms with E-state index in [9.17, 15) is 28.1 Å². The molecule has 2 atom stereocenters. The van der Waals surface area contributed by atoms with Crippen molar-refractivity contribution < 1.29 is 46.9 Å². The molecule has 0 aliphatic rings. The SMILES string of the molecule is CCCCCOC(=O)C[C@H](NP(=O)(COCCN(C)/C=C(/C)C(=O)NC=O)Oc1ccccc1)C(=O)OCCCCC.CF. The average molecular weight is 646 g/mol.